The summed E-state index contributed by atoms with van der Waals surface area (Å²) in [7, 11) is 1.63. The van der Waals surface area contributed by atoms with E-state index >= 15 is 0 Å². The van der Waals surface area contributed by atoms with Crippen LogP contribution in [0.1, 0.15) is 6.92 Å². The van der Waals surface area contributed by atoms with Crippen LogP contribution in [0.15, 0.2) is 42.9 Å². The molecule has 106 valence electrons. The van der Waals surface area contributed by atoms with Crippen LogP contribution in [0.5, 0.6) is 5.75 Å². The Balaban J connectivity index is 2.15. The minimum Gasteiger partial charge on any atom is -0.491 e. The molecule has 0 saturated carbocycles. The van der Waals surface area contributed by atoms with Gasteiger partial charge < -0.3 is 10.1 Å². The maximum absolute atomic E-state index is 5.49. The molecule has 0 saturated heterocycles. The number of nitrogens with one attached hydrogen (secondary N) is 1. The fourth-order valence-corrected chi connectivity index (χ4v) is 2.28. The van der Waals surface area contributed by atoms with Crippen molar-refractivity contribution in [2.45, 2.75) is 6.92 Å². The molecule has 21 heavy (non-hydrogen) atoms. The van der Waals surface area contributed by atoms with Gasteiger partial charge in [-0.1, -0.05) is 18.2 Å². The minimum atomic E-state index is 0.648. The number of benzene rings is 1. The van der Waals surface area contributed by atoms with Crippen LogP contribution in [0, 0.1) is 0 Å². The molecule has 5 nitrogen and oxygen atoms in total. The summed E-state index contributed by atoms with van der Waals surface area (Å²) in [5.74, 6) is 1.35. The molecule has 2 heterocycles. The molecule has 0 amide bonds. The van der Waals surface area contributed by atoms with Gasteiger partial charge in [0, 0.05) is 23.7 Å². The van der Waals surface area contributed by atoms with Crippen LogP contribution in [0.4, 0.5) is 5.82 Å². The highest BCUT2D eigenvalue weighted by atomic mass is 16.5. The molecule has 0 fully saturated rings. The molecule has 3 rings (SSSR count). The molecule has 5 heteroatoms. The third-order valence-corrected chi connectivity index (χ3v) is 3.23. The maximum atomic E-state index is 5.49. The fourth-order valence-electron chi connectivity index (χ4n) is 2.28. The van der Waals surface area contributed by atoms with Crippen LogP contribution in [-0.2, 0) is 0 Å². The molecule has 1 aromatic carbocycles. The second-order valence-corrected chi connectivity index (χ2v) is 4.55. The molecule has 0 radical (unpaired) electrons. The Morgan fingerprint density at radius 2 is 2.05 bits per heavy atom. The molecule has 0 aliphatic rings. The number of fused-ring (bicyclic) bond motifs is 1. The first kappa shape index (κ1) is 13.3. The third kappa shape index (κ3) is 2.50. The monoisotopic (exact) mass is 280 g/mol. The topological polar surface area (TPSA) is 59.9 Å². The van der Waals surface area contributed by atoms with E-state index in [4.69, 9.17) is 4.74 Å². The van der Waals surface area contributed by atoms with E-state index in [-0.39, 0.29) is 0 Å². The van der Waals surface area contributed by atoms with Gasteiger partial charge in [0.05, 0.1) is 12.6 Å². The smallest absolute Gasteiger partial charge is 0.187 e. The van der Waals surface area contributed by atoms with Gasteiger partial charge in [-0.25, -0.2) is 9.97 Å². The van der Waals surface area contributed by atoms with Crippen molar-refractivity contribution in [3.8, 4) is 17.0 Å². The summed E-state index contributed by atoms with van der Waals surface area (Å²) in [6.07, 6.45) is 3.33. The van der Waals surface area contributed by atoms with Crippen LogP contribution in [-0.4, -0.2) is 28.6 Å². The highest BCUT2D eigenvalue weighted by Crippen LogP contribution is 2.33. The van der Waals surface area contributed by atoms with Gasteiger partial charge in [0.15, 0.2) is 11.6 Å². The van der Waals surface area contributed by atoms with Crippen molar-refractivity contribution in [2.24, 2.45) is 0 Å². The van der Waals surface area contributed by atoms with Crippen LogP contribution in [0.25, 0.3) is 22.2 Å². The predicted molar refractivity (Wildman–Crippen MR) is 83.5 cm³/mol. The summed E-state index contributed by atoms with van der Waals surface area (Å²) < 4.78 is 5.49. The van der Waals surface area contributed by atoms with E-state index in [1.807, 2.05) is 37.3 Å². The number of nitrogens with zero attached hydrogens (tertiary/aromatic N) is 3. The molecule has 0 aliphatic carbocycles. The predicted octanol–water partition coefficient (Wildman–Crippen LogP) is 3.13. The van der Waals surface area contributed by atoms with Crippen LogP contribution < -0.4 is 10.1 Å². The zero-order valence-corrected chi connectivity index (χ0v) is 12.0. The van der Waals surface area contributed by atoms with Crippen molar-refractivity contribution in [1.29, 1.82) is 0 Å². The average molecular weight is 280 g/mol. The Labute approximate surface area is 123 Å². The molecule has 2 aromatic heterocycles. The van der Waals surface area contributed by atoms with E-state index in [1.165, 1.54) is 0 Å². The number of aromatic nitrogens is 3. The standard InChI is InChI=1S/C16H16N4O/c1-3-17-16-15(21-2)14(19-10-20-16)12-7-6-11-5-4-8-18-13(11)9-12/h4-10H,3H2,1-2H3,(H,17,19,20). The lowest BCUT2D eigenvalue weighted by Gasteiger charge is -2.12. The van der Waals surface area contributed by atoms with E-state index < -0.39 is 0 Å². The molecule has 3 aromatic rings. The summed E-state index contributed by atoms with van der Waals surface area (Å²) in [6.45, 7) is 2.78. The van der Waals surface area contributed by atoms with Crippen LogP contribution >= 0.6 is 0 Å². The van der Waals surface area contributed by atoms with Crippen molar-refractivity contribution in [3.05, 3.63) is 42.9 Å². The summed E-state index contributed by atoms with van der Waals surface area (Å²) in [4.78, 5) is 13.0. The molecule has 1 N–H and O–H groups in total. The van der Waals surface area contributed by atoms with Gasteiger partial charge in [0.25, 0.3) is 0 Å². The molecular weight excluding hydrogens is 264 g/mol. The lowest BCUT2D eigenvalue weighted by molar-refractivity contribution is 0.414. The molecular formula is C16H16N4O. The molecule has 0 atom stereocenters. The summed E-state index contributed by atoms with van der Waals surface area (Å²) >= 11 is 0. The maximum Gasteiger partial charge on any atom is 0.187 e. The quantitative estimate of drug-likeness (QED) is 0.795. The lowest BCUT2D eigenvalue weighted by Crippen LogP contribution is -2.04. The Morgan fingerprint density at radius 3 is 2.86 bits per heavy atom. The number of pyridine rings is 1. The number of ether oxygens (including phenoxy) is 1. The first-order valence-electron chi connectivity index (χ1n) is 6.81. The zero-order valence-electron chi connectivity index (χ0n) is 12.0. The summed E-state index contributed by atoms with van der Waals surface area (Å²) in [5.41, 5.74) is 2.65. The second-order valence-electron chi connectivity index (χ2n) is 4.55. The highest BCUT2D eigenvalue weighted by molar-refractivity contribution is 5.85. The van der Waals surface area contributed by atoms with E-state index in [0.717, 1.165) is 28.7 Å². The lowest BCUT2D eigenvalue weighted by atomic mass is 10.1. The minimum absolute atomic E-state index is 0.648. The largest absolute Gasteiger partial charge is 0.491 e. The number of anilines is 1. The van der Waals surface area contributed by atoms with E-state index in [2.05, 4.69) is 20.3 Å². The normalized spacial score (nSPS) is 10.6. The molecule has 0 unspecified atom stereocenters. The number of rotatable bonds is 4. The van der Waals surface area contributed by atoms with E-state index in [0.29, 0.717) is 11.6 Å². The Kier molecular flexibility index (Phi) is 3.64. The van der Waals surface area contributed by atoms with E-state index in [1.54, 1.807) is 19.6 Å². The van der Waals surface area contributed by atoms with Gasteiger partial charge in [-0.3, -0.25) is 4.98 Å². The number of hydrogen-bond acceptors (Lipinski definition) is 5. The Hall–Kier alpha value is -2.69. The second kappa shape index (κ2) is 5.75. The van der Waals surface area contributed by atoms with Crippen molar-refractivity contribution in [2.75, 3.05) is 19.0 Å². The van der Waals surface area contributed by atoms with Gasteiger partial charge >= 0.3 is 0 Å². The van der Waals surface area contributed by atoms with E-state index in [9.17, 15) is 0 Å². The fraction of sp³-hybridized carbons (Fsp3) is 0.188. The first-order valence-corrected chi connectivity index (χ1v) is 6.81. The molecule has 0 spiro atoms. The number of methoxy groups -OCH3 is 1. The SMILES string of the molecule is CCNc1ncnc(-c2ccc3cccnc3c2)c1OC. The Morgan fingerprint density at radius 1 is 1.14 bits per heavy atom. The van der Waals surface area contributed by atoms with Gasteiger partial charge in [-0.05, 0) is 19.1 Å². The van der Waals surface area contributed by atoms with Crippen molar-refractivity contribution >= 4 is 16.7 Å². The van der Waals surface area contributed by atoms with Gasteiger partial charge in [0.2, 0.25) is 0 Å². The summed E-state index contributed by atoms with van der Waals surface area (Å²) in [6, 6.07) is 10.0. The highest BCUT2D eigenvalue weighted by Gasteiger charge is 2.13. The van der Waals surface area contributed by atoms with Crippen molar-refractivity contribution in [1.82, 2.24) is 15.0 Å². The van der Waals surface area contributed by atoms with Gasteiger partial charge in [-0.15, -0.1) is 0 Å². The van der Waals surface area contributed by atoms with Gasteiger partial charge in [-0.2, -0.15) is 0 Å². The molecule has 0 aliphatic heterocycles. The van der Waals surface area contributed by atoms with Crippen molar-refractivity contribution in [3.63, 3.8) is 0 Å². The Bertz CT molecular complexity index is 773. The zero-order chi connectivity index (χ0) is 14.7. The van der Waals surface area contributed by atoms with Crippen LogP contribution in [0.2, 0.25) is 0 Å². The van der Waals surface area contributed by atoms with Crippen LogP contribution in [0.3, 0.4) is 0 Å². The first-order chi connectivity index (χ1) is 10.3. The average Bonchev–Trinajstić information content (AvgIpc) is 2.54. The summed E-state index contributed by atoms with van der Waals surface area (Å²) in [5, 5.41) is 4.28. The third-order valence-electron chi connectivity index (χ3n) is 3.23. The van der Waals surface area contributed by atoms with Gasteiger partial charge in [0.1, 0.15) is 12.0 Å². The van der Waals surface area contributed by atoms with Crippen molar-refractivity contribution < 1.29 is 4.74 Å². The number of hydrogen-bond donors (Lipinski definition) is 1. The molecule has 0 bridgehead atoms.